The Bertz CT molecular complexity index is 745. The lowest BCUT2D eigenvalue weighted by Gasteiger charge is -2.22. The van der Waals surface area contributed by atoms with Gasteiger partial charge in [0.05, 0.1) is 12.7 Å². The van der Waals surface area contributed by atoms with Crippen molar-refractivity contribution in [1.82, 2.24) is 5.32 Å². The number of methoxy groups -OCH3 is 1. The van der Waals surface area contributed by atoms with Gasteiger partial charge in [-0.3, -0.25) is 9.59 Å². The first-order chi connectivity index (χ1) is 11.9. The topological polar surface area (TPSA) is 67.4 Å². The first kappa shape index (κ1) is 18.4. The molecule has 132 valence electrons. The fourth-order valence-electron chi connectivity index (χ4n) is 2.29. The number of anilines is 1. The summed E-state index contributed by atoms with van der Waals surface area (Å²) in [4.78, 5) is 24.8. The molecular formula is C19H21FN2O3. The van der Waals surface area contributed by atoms with Gasteiger partial charge in [-0.2, -0.15) is 0 Å². The fourth-order valence-corrected chi connectivity index (χ4v) is 2.29. The number of carbonyl (C=O) groups excluding carboxylic acids is 2. The third-order valence-electron chi connectivity index (χ3n) is 3.71. The van der Waals surface area contributed by atoms with Crippen LogP contribution in [-0.4, -0.2) is 25.0 Å². The largest absolute Gasteiger partial charge is 0.497 e. The van der Waals surface area contributed by atoms with Crippen LogP contribution in [0, 0.1) is 11.7 Å². The van der Waals surface area contributed by atoms with E-state index in [1.807, 2.05) is 0 Å². The maximum absolute atomic E-state index is 13.7. The van der Waals surface area contributed by atoms with Crippen molar-refractivity contribution in [2.24, 2.45) is 5.92 Å². The lowest BCUT2D eigenvalue weighted by atomic mass is 10.0. The van der Waals surface area contributed by atoms with Crippen molar-refractivity contribution in [2.45, 2.75) is 19.9 Å². The molecule has 0 saturated carbocycles. The lowest BCUT2D eigenvalue weighted by molar-refractivity contribution is -0.118. The van der Waals surface area contributed by atoms with E-state index in [1.54, 1.807) is 51.3 Å². The third-order valence-corrected chi connectivity index (χ3v) is 3.71. The zero-order valence-corrected chi connectivity index (χ0v) is 14.4. The van der Waals surface area contributed by atoms with E-state index in [-0.39, 0.29) is 17.4 Å². The van der Waals surface area contributed by atoms with Crippen LogP contribution in [0.3, 0.4) is 0 Å². The van der Waals surface area contributed by atoms with Gasteiger partial charge in [0.15, 0.2) is 0 Å². The number of hydrogen-bond acceptors (Lipinski definition) is 3. The van der Waals surface area contributed by atoms with Crippen molar-refractivity contribution in [3.63, 3.8) is 0 Å². The van der Waals surface area contributed by atoms with E-state index in [9.17, 15) is 14.0 Å². The molecule has 6 heteroatoms. The van der Waals surface area contributed by atoms with Crippen LogP contribution in [0.2, 0.25) is 0 Å². The molecule has 0 bridgehead atoms. The van der Waals surface area contributed by atoms with Crippen molar-refractivity contribution >= 4 is 17.5 Å². The van der Waals surface area contributed by atoms with Gasteiger partial charge in [0, 0.05) is 5.69 Å². The van der Waals surface area contributed by atoms with Crippen LogP contribution in [0.5, 0.6) is 5.75 Å². The minimum atomic E-state index is -0.797. The fraction of sp³-hybridized carbons (Fsp3) is 0.263. The molecule has 0 aliphatic heterocycles. The van der Waals surface area contributed by atoms with Crippen LogP contribution in [0.15, 0.2) is 48.5 Å². The molecule has 0 aliphatic carbocycles. The predicted octanol–water partition coefficient (Wildman–Crippen LogP) is 3.23. The highest BCUT2D eigenvalue weighted by Crippen LogP contribution is 2.16. The summed E-state index contributed by atoms with van der Waals surface area (Å²) in [6.45, 7) is 3.61. The highest BCUT2D eigenvalue weighted by atomic mass is 19.1. The second-order valence-electron chi connectivity index (χ2n) is 5.89. The maximum atomic E-state index is 13.7. The summed E-state index contributed by atoms with van der Waals surface area (Å²) in [5.41, 5.74) is 0.488. The summed E-state index contributed by atoms with van der Waals surface area (Å²) in [6.07, 6.45) is 0. The molecule has 5 nitrogen and oxygen atoms in total. The van der Waals surface area contributed by atoms with E-state index < -0.39 is 17.8 Å². The van der Waals surface area contributed by atoms with Gasteiger partial charge in [-0.1, -0.05) is 26.0 Å². The predicted molar refractivity (Wildman–Crippen MR) is 94.1 cm³/mol. The molecule has 25 heavy (non-hydrogen) atoms. The molecule has 0 aliphatic rings. The summed E-state index contributed by atoms with van der Waals surface area (Å²) < 4.78 is 18.8. The number of ether oxygens (including phenoxy) is 1. The Labute approximate surface area is 146 Å². The second-order valence-corrected chi connectivity index (χ2v) is 5.89. The molecule has 0 saturated heterocycles. The smallest absolute Gasteiger partial charge is 0.254 e. The average molecular weight is 344 g/mol. The number of rotatable bonds is 6. The number of hydrogen-bond donors (Lipinski definition) is 2. The standard InChI is InChI=1S/C19H21FN2O3/c1-12(2)17(22-18(23)15-6-4-5-7-16(15)20)19(24)21-13-8-10-14(25-3)11-9-13/h4-12,17H,1-3H3,(H,21,24)(H,22,23). The highest BCUT2D eigenvalue weighted by Gasteiger charge is 2.25. The summed E-state index contributed by atoms with van der Waals surface area (Å²) in [7, 11) is 1.56. The molecular weight excluding hydrogens is 323 g/mol. The first-order valence-electron chi connectivity index (χ1n) is 7.92. The average Bonchev–Trinajstić information content (AvgIpc) is 2.60. The SMILES string of the molecule is COc1ccc(NC(=O)C(NC(=O)c2ccccc2F)C(C)C)cc1. The Morgan fingerprint density at radius 3 is 2.24 bits per heavy atom. The van der Waals surface area contributed by atoms with E-state index in [0.717, 1.165) is 0 Å². The molecule has 2 aromatic rings. The molecule has 1 unspecified atom stereocenters. The number of carbonyl (C=O) groups is 2. The number of benzene rings is 2. The first-order valence-corrected chi connectivity index (χ1v) is 7.92. The summed E-state index contributed by atoms with van der Waals surface area (Å²) >= 11 is 0. The van der Waals surface area contributed by atoms with Gasteiger partial charge in [-0.25, -0.2) is 4.39 Å². The number of amides is 2. The lowest BCUT2D eigenvalue weighted by Crippen LogP contribution is -2.47. The molecule has 2 rings (SSSR count). The number of nitrogens with one attached hydrogen (secondary N) is 2. The minimum Gasteiger partial charge on any atom is -0.497 e. The molecule has 0 fully saturated rings. The summed E-state index contributed by atoms with van der Waals surface area (Å²) in [6, 6.07) is 11.7. The summed E-state index contributed by atoms with van der Waals surface area (Å²) in [5, 5.41) is 5.34. The van der Waals surface area contributed by atoms with Crippen LogP contribution < -0.4 is 15.4 Å². The maximum Gasteiger partial charge on any atom is 0.254 e. The van der Waals surface area contributed by atoms with Gasteiger partial charge in [0.25, 0.3) is 5.91 Å². The third kappa shape index (κ3) is 4.79. The molecule has 2 N–H and O–H groups in total. The minimum absolute atomic E-state index is 0.0922. The Balaban J connectivity index is 2.10. The Kier molecular flexibility index (Phi) is 6.11. The summed E-state index contributed by atoms with van der Waals surface area (Å²) in [5.74, 6) is -1.12. The van der Waals surface area contributed by atoms with E-state index in [0.29, 0.717) is 11.4 Å². The Morgan fingerprint density at radius 1 is 1.04 bits per heavy atom. The van der Waals surface area contributed by atoms with Crippen LogP contribution >= 0.6 is 0 Å². The van der Waals surface area contributed by atoms with Gasteiger partial charge < -0.3 is 15.4 Å². The molecule has 0 aromatic heterocycles. The van der Waals surface area contributed by atoms with Crippen LogP contribution in [-0.2, 0) is 4.79 Å². The van der Waals surface area contributed by atoms with Gasteiger partial charge in [-0.15, -0.1) is 0 Å². The van der Waals surface area contributed by atoms with E-state index in [1.165, 1.54) is 18.2 Å². The van der Waals surface area contributed by atoms with Gasteiger partial charge in [0.1, 0.15) is 17.6 Å². The zero-order valence-electron chi connectivity index (χ0n) is 14.4. The van der Waals surface area contributed by atoms with Crippen LogP contribution in [0.1, 0.15) is 24.2 Å². The van der Waals surface area contributed by atoms with Crippen molar-refractivity contribution in [1.29, 1.82) is 0 Å². The van der Waals surface area contributed by atoms with Crippen LogP contribution in [0.25, 0.3) is 0 Å². The van der Waals surface area contributed by atoms with Crippen LogP contribution in [0.4, 0.5) is 10.1 Å². The normalized spacial score (nSPS) is 11.7. The molecule has 0 spiro atoms. The van der Waals surface area contributed by atoms with Gasteiger partial charge in [-0.05, 0) is 42.3 Å². The van der Waals surface area contributed by atoms with E-state index >= 15 is 0 Å². The van der Waals surface area contributed by atoms with Crippen molar-refractivity contribution in [2.75, 3.05) is 12.4 Å². The molecule has 0 heterocycles. The van der Waals surface area contributed by atoms with Crippen molar-refractivity contribution in [3.8, 4) is 5.75 Å². The Hall–Kier alpha value is -2.89. The van der Waals surface area contributed by atoms with E-state index in [2.05, 4.69) is 10.6 Å². The molecule has 1 atom stereocenters. The molecule has 2 aromatic carbocycles. The highest BCUT2D eigenvalue weighted by molar-refractivity contribution is 6.01. The zero-order chi connectivity index (χ0) is 18.4. The van der Waals surface area contributed by atoms with Gasteiger partial charge in [0.2, 0.25) is 5.91 Å². The second kappa shape index (κ2) is 8.28. The quantitative estimate of drug-likeness (QED) is 0.845. The molecule has 0 radical (unpaired) electrons. The van der Waals surface area contributed by atoms with Crippen molar-refractivity contribution in [3.05, 3.63) is 59.9 Å². The molecule has 2 amide bonds. The Morgan fingerprint density at radius 2 is 1.68 bits per heavy atom. The van der Waals surface area contributed by atoms with Gasteiger partial charge >= 0.3 is 0 Å². The van der Waals surface area contributed by atoms with Crippen molar-refractivity contribution < 1.29 is 18.7 Å². The number of halogens is 1. The monoisotopic (exact) mass is 344 g/mol. The van der Waals surface area contributed by atoms with E-state index in [4.69, 9.17) is 4.74 Å².